The summed E-state index contributed by atoms with van der Waals surface area (Å²) >= 11 is 0. The van der Waals surface area contributed by atoms with Crippen LogP contribution in [0.2, 0.25) is 0 Å². The summed E-state index contributed by atoms with van der Waals surface area (Å²) in [6.45, 7) is 5.86. The lowest BCUT2D eigenvalue weighted by atomic mass is 9.89. The number of unbranched alkanes of at least 4 members (excludes halogenated alkanes) is 1. The molecule has 1 amide bonds. The molecule has 0 unspecified atom stereocenters. The van der Waals surface area contributed by atoms with Crippen molar-refractivity contribution in [3.05, 3.63) is 0 Å². The highest BCUT2D eigenvalue weighted by molar-refractivity contribution is 5.70. The van der Waals surface area contributed by atoms with Crippen LogP contribution in [-0.4, -0.2) is 49.2 Å². The van der Waals surface area contributed by atoms with Crippen molar-refractivity contribution in [1.82, 2.24) is 4.90 Å². The van der Waals surface area contributed by atoms with Crippen molar-refractivity contribution in [1.29, 1.82) is 0 Å². The van der Waals surface area contributed by atoms with Crippen molar-refractivity contribution in [2.75, 3.05) is 26.9 Å². The van der Waals surface area contributed by atoms with E-state index in [0.717, 1.165) is 38.5 Å². The first-order chi connectivity index (χ1) is 10.0. The van der Waals surface area contributed by atoms with E-state index in [4.69, 9.17) is 14.2 Å². The van der Waals surface area contributed by atoms with E-state index < -0.39 is 5.72 Å². The third-order valence-electron chi connectivity index (χ3n) is 4.49. The van der Waals surface area contributed by atoms with E-state index in [0.29, 0.717) is 19.8 Å². The summed E-state index contributed by atoms with van der Waals surface area (Å²) in [7, 11) is 1.68. The second kappa shape index (κ2) is 6.97. The number of methoxy groups -OCH3 is 1. The van der Waals surface area contributed by atoms with E-state index in [9.17, 15) is 4.79 Å². The Morgan fingerprint density at radius 2 is 1.81 bits per heavy atom. The molecular weight excluding hydrogens is 270 g/mol. The third kappa shape index (κ3) is 3.69. The Labute approximate surface area is 127 Å². The monoisotopic (exact) mass is 299 g/mol. The number of carbonyl (C=O) groups is 1. The highest BCUT2D eigenvalue weighted by Gasteiger charge is 2.55. The van der Waals surface area contributed by atoms with Crippen LogP contribution in [0.15, 0.2) is 0 Å². The molecule has 2 rings (SSSR count). The van der Waals surface area contributed by atoms with E-state index in [2.05, 4.69) is 13.8 Å². The predicted molar refractivity (Wildman–Crippen MR) is 80.1 cm³/mol. The molecule has 0 bridgehead atoms. The van der Waals surface area contributed by atoms with E-state index in [1.54, 1.807) is 7.11 Å². The van der Waals surface area contributed by atoms with Gasteiger partial charge in [0.2, 0.25) is 0 Å². The van der Waals surface area contributed by atoms with Gasteiger partial charge >= 0.3 is 6.09 Å². The molecular formula is C16H29NO4. The Morgan fingerprint density at radius 3 is 2.48 bits per heavy atom. The van der Waals surface area contributed by atoms with Gasteiger partial charge in [0.25, 0.3) is 0 Å². The minimum absolute atomic E-state index is 0.225. The van der Waals surface area contributed by atoms with Gasteiger partial charge in [0, 0.05) is 13.7 Å². The zero-order valence-corrected chi connectivity index (χ0v) is 13.7. The Bertz CT molecular complexity index is 350. The minimum Gasteiger partial charge on any atom is -0.449 e. The number of rotatable bonds is 5. The van der Waals surface area contributed by atoms with Crippen LogP contribution in [0.4, 0.5) is 4.79 Å². The molecule has 0 N–H and O–H groups in total. The number of amides is 1. The van der Waals surface area contributed by atoms with Gasteiger partial charge in [0.05, 0.1) is 18.8 Å². The molecule has 0 aromatic rings. The summed E-state index contributed by atoms with van der Waals surface area (Å²) in [5.41, 5.74) is -0.716. The first-order valence-electron chi connectivity index (χ1n) is 8.12. The zero-order chi connectivity index (χ0) is 15.3. The summed E-state index contributed by atoms with van der Waals surface area (Å²) in [6, 6.07) is 0. The number of ether oxygens (including phenoxy) is 3. The molecule has 122 valence electrons. The largest absolute Gasteiger partial charge is 0.449 e. The van der Waals surface area contributed by atoms with Crippen LogP contribution in [0.5, 0.6) is 0 Å². The fourth-order valence-corrected chi connectivity index (χ4v) is 3.45. The number of carbonyl (C=O) groups excluding carboxylic acids is 1. The normalized spacial score (nSPS) is 23.5. The Hall–Kier alpha value is -0.810. The average Bonchev–Trinajstić information content (AvgIpc) is 2.70. The van der Waals surface area contributed by atoms with Gasteiger partial charge in [-0.25, -0.2) is 4.79 Å². The lowest BCUT2D eigenvalue weighted by Gasteiger charge is -2.43. The van der Waals surface area contributed by atoms with Crippen molar-refractivity contribution in [3.8, 4) is 0 Å². The molecule has 1 spiro atoms. The fourth-order valence-electron chi connectivity index (χ4n) is 3.45. The minimum atomic E-state index is -0.425. The van der Waals surface area contributed by atoms with Crippen molar-refractivity contribution >= 4 is 6.09 Å². The third-order valence-corrected chi connectivity index (χ3v) is 4.49. The van der Waals surface area contributed by atoms with Crippen LogP contribution in [0.25, 0.3) is 0 Å². The second-order valence-corrected chi connectivity index (χ2v) is 6.76. The van der Waals surface area contributed by atoms with Gasteiger partial charge in [-0.05, 0) is 52.4 Å². The predicted octanol–water partition coefficient (Wildman–Crippen LogP) is 3.32. The standard InChI is InChI=1S/C16H29NO4/c1-15(2)13-21-16(9-5-4-6-10-16)17(15)14(18)20-12-8-7-11-19-3/h4-13H2,1-3H3. The first-order valence-corrected chi connectivity index (χ1v) is 8.12. The Morgan fingerprint density at radius 1 is 1.14 bits per heavy atom. The van der Waals surface area contributed by atoms with Gasteiger partial charge in [-0.15, -0.1) is 0 Å². The summed E-state index contributed by atoms with van der Waals surface area (Å²) < 4.78 is 16.6. The lowest BCUT2D eigenvalue weighted by Crippen LogP contribution is -2.56. The van der Waals surface area contributed by atoms with Crippen LogP contribution < -0.4 is 0 Å². The molecule has 5 heteroatoms. The smallest absolute Gasteiger partial charge is 0.412 e. The summed E-state index contributed by atoms with van der Waals surface area (Å²) in [4.78, 5) is 14.4. The quantitative estimate of drug-likeness (QED) is 0.731. The summed E-state index contributed by atoms with van der Waals surface area (Å²) in [5, 5.41) is 0. The van der Waals surface area contributed by atoms with Crippen molar-refractivity contribution in [2.24, 2.45) is 0 Å². The van der Waals surface area contributed by atoms with Gasteiger partial charge in [0.1, 0.15) is 5.72 Å². The summed E-state index contributed by atoms with van der Waals surface area (Å²) in [6.07, 6.45) is 6.84. The maximum atomic E-state index is 12.6. The van der Waals surface area contributed by atoms with Gasteiger partial charge in [-0.2, -0.15) is 0 Å². The average molecular weight is 299 g/mol. The molecule has 1 aliphatic heterocycles. The van der Waals surface area contributed by atoms with E-state index >= 15 is 0 Å². The number of hydrogen-bond donors (Lipinski definition) is 0. The van der Waals surface area contributed by atoms with Gasteiger partial charge in [-0.1, -0.05) is 6.42 Å². The maximum Gasteiger partial charge on any atom is 0.412 e. The SMILES string of the molecule is COCCCCOC(=O)N1C(C)(C)COC12CCCCC2. The molecule has 0 atom stereocenters. The van der Waals surface area contributed by atoms with Crippen LogP contribution in [-0.2, 0) is 14.2 Å². The highest BCUT2D eigenvalue weighted by Crippen LogP contribution is 2.44. The number of nitrogens with zero attached hydrogens (tertiary/aromatic N) is 1. The molecule has 21 heavy (non-hydrogen) atoms. The van der Waals surface area contributed by atoms with Crippen LogP contribution in [0, 0.1) is 0 Å². The molecule has 1 aliphatic carbocycles. The zero-order valence-electron chi connectivity index (χ0n) is 13.7. The van der Waals surface area contributed by atoms with Crippen molar-refractivity contribution in [2.45, 2.75) is 70.1 Å². The molecule has 2 aliphatic rings. The van der Waals surface area contributed by atoms with Gasteiger partial charge in [0.15, 0.2) is 0 Å². The van der Waals surface area contributed by atoms with Crippen molar-refractivity contribution < 1.29 is 19.0 Å². The summed E-state index contributed by atoms with van der Waals surface area (Å²) in [5.74, 6) is 0. The molecule has 0 aromatic heterocycles. The van der Waals surface area contributed by atoms with Gasteiger partial charge in [-0.3, -0.25) is 4.90 Å². The fraction of sp³-hybridized carbons (Fsp3) is 0.938. The molecule has 0 aromatic carbocycles. The van der Waals surface area contributed by atoms with Crippen molar-refractivity contribution in [3.63, 3.8) is 0 Å². The highest BCUT2D eigenvalue weighted by atomic mass is 16.6. The topological polar surface area (TPSA) is 48.0 Å². The first kappa shape index (κ1) is 16.6. The van der Waals surface area contributed by atoms with E-state index in [1.165, 1.54) is 6.42 Å². The molecule has 0 radical (unpaired) electrons. The maximum absolute atomic E-state index is 12.6. The number of hydrogen-bond acceptors (Lipinski definition) is 4. The van der Waals surface area contributed by atoms with E-state index in [1.807, 2.05) is 4.90 Å². The van der Waals surface area contributed by atoms with Crippen LogP contribution >= 0.6 is 0 Å². The van der Waals surface area contributed by atoms with E-state index in [-0.39, 0.29) is 11.6 Å². The lowest BCUT2D eigenvalue weighted by molar-refractivity contribution is -0.104. The van der Waals surface area contributed by atoms with Gasteiger partial charge < -0.3 is 14.2 Å². The molecule has 1 heterocycles. The van der Waals surface area contributed by atoms with Crippen LogP contribution in [0.3, 0.4) is 0 Å². The molecule has 1 saturated carbocycles. The molecule has 2 fully saturated rings. The molecule has 1 saturated heterocycles. The Balaban J connectivity index is 1.94. The second-order valence-electron chi connectivity index (χ2n) is 6.76. The molecule has 5 nitrogen and oxygen atoms in total. The van der Waals surface area contributed by atoms with Crippen LogP contribution in [0.1, 0.15) is 58.8 Å². The Kier molecular flexibility index (Phi) is 5.49.